The van der Waals surface area contributed by atoms with Gasteiger partial charge in [-0.3, -0.25) is 38.7 Å². The second kappa shape index (κ2) is 16.2. The predicted octanol–water partition coefficient (Wildman–Crippen LogP) is 0.0495. The van der Waals surface area contributed by atoms with Crippen LogP contribution >= 0.6 is 12.2 Å². The number of rotatable bonds is 19. The molecule has 5 N–H and O–H groups in total. The minimum atomic E-state index is -1.28. The van der Waals surface area contributed by atoms with Crippen molar-refractivity contribution in [1.82, 2.24) is 14.7 Å². The van der Waals surface area contributed by atoms with Crippen molar-refractivity contribution in [3.05, 3.63) is 29.8 Å². The van der Waals surface area contributed by atoms with Crippen LogP contribution in [-0.4, -0.2) is 133 Å². The molecule has 38 heavy (non-hydrogen) atoms. The summed E-state index contributed by atoms with van der Waals surface area (Å²) in [5.74, 6) is -6.33. The van der Waals surface area contributed by atoms with Crippen LogP contribution < -0.4 is 0 Å². The van der Waals surface area contributed by atoms with Gasteiger partial charge in [0.15, 0.2) is 0 Å². The molecule has 0 aliphatic heterocycles. The van der Waals surface area contributed by atoms with Crippen LogP contribution in [-0.2, 0) is 30.4 Å². The lowest BCUT2D eigenvalue weighted by molar-refractivity contribution is -0.144. The number of carboxylic acids is 5. The number of benzene rings is 1. The topological polar surface area (TPSA) is 209 Å². The Hall–Kier alpha value is -3.75. The van der Waals surface area contributed by atoms with E-state index in [1.165, 1.54) is 16.7 Å². The normalized spacial score (nSPS) is 12.6. The molecule has 0 amide bonds. The molecule has 15 heteroatoms. The highest BCUT2D eigenvalue weighted by Crippen LogP contribution is 2.17. The summed E-state index contributed by atoms with van der Waals surface area (Å²) in [5.41, 5.74) is 1.20. The number of hydrogen-bond donors (Lipinski definition) is 5. The monoisotopic (exact) mass is 554 g/mol. The van der Waals surface area contributed by atoms with Gasteiger partial charge in [0.05, 0.1) is 43.6 Å². The maximum absolute atomic E-state index is 11.6. The third-order valence-corrected chi connectivity index (χ3v) is 5.52. The molecule has 1 unspecified atom stereocenters. The van der Waals surface area contributed by atoms with E-state index in [1.807, 2.05) is 0 Å². The Kier molecular flexibility index (Phi) is 13.7. The molecule has 1 aromatic rings. The summed E-state index contributed by atoms with van der Waals surface area (Å²) in [6.45, 7) is -1.65. The van der Waals surface area contributed by atoms with E-state index in [0.29, 0.717) is 11.3 Å². The lowest BCUT2D eigenvalue weighted by Crippen LogP contribution is -2.53. The molecule has 0 aliphatic carbocycles. The summed E-state index contributed by atoms with van der Waals surface area (Å²) in [4.78, 5) is 64.7. The van der Waals surface area contributed by atoms with Gasteiger partial charge in [0.1, 0.15) is 0 Å². The number of thiocarbonyl (C=S) groups is 1. The van der Waals surface area contributed by atoms with E-state index in [2.05, 4.69) is 22.4 Å². The molecule has 0 saturated carbocycles. The number of isothiocyanates is 1. The van der Waals surface area contributed by atoms with Crippen LogP contribution in [0.2, 0.25) is 0 Å². The first-order chi connectivity index (χ1) is 17.8. The van der Waals surface area contributed by atoms with Gasteiger partial charge in [0.25, 0.3) is 0 Å². The van der Waals surface area contributed by atoms with Crippen molar-refractivity contribution in [2.75, 3.05) is 45.8 Å². The number of aliphatic carboxylic acids is 5. The summed E-state index contributed by atoms with van der Waals surface area (Å²) >= 11 is 4.57. The average Bonchev–Trinajstić information content (AvgIpc) is 2.77. The molecule has 1 aromatic carbocycles. The van der Waals surface area contributed by atoms with Gasteiger partial charge in [-0.25, -0.2) is 0 Å². The number of carboxylic acid groups (broad SMARTS) is 5. The van der Waals surface area contributed by atoms with E-state index in [4.69, 9.17) is 10.2 Å². The van der Waals surface area contributed by atoms with Crippen LogP contribution in [0.4, 0.5) is 5.69 Å². The second-order valence-electron chi connectivity index (χ2n) is 8.55. The van der Waals surface area contributed by atoms with Crippen molar-refractivity contribution in [1.29, 1.82) is 0 Å². The van der Waals surface area contributed by atoms with E-state index in [9.17, 15) is 39.3 Å². The molecule has 208 valence electrons. The molecule has 0 heterocycles. The minimum Gasteiger partial charge on any atom is -0.480 e. The zero-order valence-electron chi connectivity index (χ0n) is 20.6. The Morgan fingerprint density at radius 2 is 1.21 bits per heavy atom. The van der Waals surface area contributed by atoms with E-state index in [-0.39, 0.29) is 19.5 Å². The molecular formula is C23H30N4O10S. The summed E-state index contributed by atoms with van der Waals surface area (Å²) < 4.78 is 0. The SMILES string of the molecule is C[C@H](CN(CC(=O)O)CC(Cc1ccc(N=C=S)cc1)N(CC(=O)O)CC(=O)O)N(CC(=O)O)CC(=O)O. The summed E-state index contributed by atoms with van der Waals surface area (Å²) in [6, 6.07) is 5.13. The average molecular weight is 555 g/mol. The quantitative estimate of drug-likeness (QED) is 0.113. The van der Waals surface area contributed by atoms with Gasteiger partial charge in [0, 0.05) is 25.2 Å². The van der Waals surface area contributed by atoms with Crippen molar-refractivity contribution in [3.8, 4) is 0 Å². The van der Waals surface area contributed by atoms with Gasteiger partial charge in [-0.2, -0.15) is 4.99 Å². The number of hydrogen-bond acceptors (Lipinski definition) is 10. The molecular weight excluding hydrogens is 524 g/mol. The van der Waals surface area contributed by atoms with Crippen LogP contribution in [0.5, 0.6) is 0 Å². The second-order valence-corrected chi connectivity index (χ2v) is 8.73. The van der Waals surface area contributed by atoms with Gasteiger partial charge in [-0.05, 0) is 43.3 Å². The zero-order valence-corrected chi connectivity index (χ0v) is 21.4. The molecule has 14 nitrogen and oxygen atoms in total. The fraction of sp³-hybridized carbons (Fsp3) is 0.478. The van der Waals surface area contributed by atoms with Gasteiger partial charge in [-0.1, -0.05) is 12.1 Å². The highest BCUT2D eigenvalue weighted by Gasteiger charge is 2.29. The molecule has 0 aliphatic rings. The first-order valence-electron chi connectivity index (χ1n) is 11.3. The van der Waals surface area contributed by atoms with Gasteiger partial charge < -0.3 is 25.5 Å². The van der Waals surface area contributed by atoms with E-state index in [0.717, 1.165) is 4.90 Å². The lowest BCUT2D eigenvalue weighted by Gasteiger charge is -2.36. The number of nitrogens with zero attached hydrogens (tertiary/aromatic N) is 4. The van der Waals surface area contributed by atoms with Crippen molar-refractivity contribution < 1.29 is 49.5 Å². The molecule has 0 spiro atoms. The molecule has 0 saturated heterocycles. The molecule has 0 radical (unpaired) electrons. The van der Waals surface area contributed by atoms with Gasteiger partial charge in [-0.15, -0.1) is 0 Å². The summed E-state index contributed by atoms with van der Waals surface area (Å²) in [6.07, 6.45) is 0.139. The Labute approximate surface area is 223 Å². The molecule has 0 aromatic heterocycles. The predicted molar refractivity (Wildman–Crippen MR) is 136 cm³/mol. The van der Waals surface area contributed by atoms with E-state index < -0.39 is 74.7 Å². The Morgan fingerprint density at radius 3 is 1.63 bits per heavy atom. The van der Waals surface area contributed by atoms with E-state index in [1.54, 1.807) is 24.3 Å². The van der Waals surface area contributed by atoms with Crippen molar-refractivity contribution in [2.24, 2.45) is 4.99 Å². The van der Waals surface area contributed by atoms with Crippen LogP contribution in [0.15, 0.2) is 29.3 Å². The van der Waals surface area contributed by atoms with Crippen molar-refractivity contribution in [3.63, 3.8) is 0 Å². The first kappa shape index (κ1) is 32.3. The smallest absolute Gasteiger partial charge is 0.317 e. The molecule has 0 bridgehead atoms. The number of aliphatic imine (C=N–C) groups is 1. The third kappa shape index (κ3) is 13.0. The van der Waals surface area contributed by atoms with Crippen molar-refractivity contribution in [2.45, 2.75) is 25.4 Å². The Bertz CT molecular complexity index is 1010. The first-order valence-corrected chi connectivity index (χ1v) is 11.7. The summed E-state index contributed by atoms with van der Waals surface area (Å²) in [7, 11) is 0. The standard InChI is InChI=1S/C23H30N4O10S/c1-15(26(10-20(30)31)11-21(32)33)7-25(9-19(28)29)8-18(27(12-22(34)35)13-23(36)37)6-16-2-4-17(5-3-16)24-14-38/h2-5,15,18H,6-13H2,1H3,(H,28,29)(H,30,31)(H,32,33)(H,34,35)(H,36,37)/t15-,18?/m1/s1. The lowest BCUT2D eigenvalue weighted by atomic mass is 10.0. The van der Waals surface area contributed by atoms with Gasteiger partial charge in [0.2, 0.25) is 0 Å². The highest BCUT2D eigenvalue weighted by atomic mass is 32.1. The van der Waals surface area contributed by atoms with Gasteiger partial charge >= 0.3 is 29.8 Å². The van der Waals surface area contributed by atoms with Crippen LogP contribution in [0, 0.1) is 0 Å². The highest BCUT2D eigenvalue weighted by molar-refractivity contribution is 7.78. The fourth-order valence-electron chi connectivity index (χ4n) is 3.90. The Balaban J connectivity index is 3.33. The van der Waals surface area contributed by atoms with Crippen LogP contribution in [0.25, 0.3) is 0 Å². The molecule has 2 atom stereocenters. The van der Waals surface area contributed by atoms with Crippen LogP contribution in [0.1, 0.15) is 12.5 Å². The van der Waals surface area contributed by atoms with E-state index >= 15 is 0 Å². The molecule has 1 rings (SSSR count). The van der Waals surface area contributed by atoms with Crippen molar-refractivity contribution >= 4 is 52.9 Å². The minimum absolute atomic E-state index is 0.0837. The summed E-state index contributed by atoms with van der Waals surface area (Å²) in [5, 5.41) is 48.8. The third-order valence-electron chi connectivity index (χ3n) is 5.43. The fourth-order valence-corrected chi connectivity index (χ4v) is 4.00. The largest absolute Gasteiger partial charge is 0.480 e. The zero-order chi connectivity index (χ0) is 28.8. The van der Waals surface area contributed by atoms with Crippen LogP contribution in [0.3, 0.4) is 0 Å². The maximum Gasteiger partial charge on any atom is 0.317 e. The Morgan fingerprint density at radius 1 is 0.763 bits per heavy atom. The molecule has 0 fully saturated rings. The number of carbonyl (C=O) groups is 5. The maximum atomic E-state index is 11.6.